The molecule has 0 bridgehead atoms. The maximum atomic E-state index is 15.0. The quantitative estimate of drug-likeness (QED) is 0.0798. The normalized spacial score (nSPS) is 13.6. The average molecular weight is 624 g/mol. The predicted molar refractivity (Wildman–Crippen MR) is 168 cm³/mol. The molecule has 0 unspecified atom stereocenters. The van der Waals surface area contributed by atoms with Gasteiger partial charge in [0.05, 0.1) is 24.9 Å². The second-order valence-electron chi connectivity index (χ2n) is 10.2. The van der Waals surface area contributed by atoms with Gasteiger partial charge in [0.15, 0.2) is 34.7 Å². The van der Waals surface area contributed by atoms with E-state index in [1.165, 1.54) is 43.7 Å². The molecule has 1 fully saturated rings. The van der Waals surface area contributed by atoms with Crippen LogP contribution in [0.15, 0.2) is 65.8 Å². The van der Waals surface area contributed by atoms with Gasteiger partial charge in [-0.05, 0) is 86.5 Å². The van der Waals surface area contributed by atoms with Gasteiger partial charge < -0.3 is 19.1 Å². The van der Waals surface area contributed by atoms with Crippen LogP contribution in [0.2, 0.25) is 0 Å². The number of ether oxygens (including phenoxy) is 3. The molecule has 12 heteroatoms. The number of hydrazine groups is 1. The molecule has 1 aliphatic heterocycles. The number of thiocarbonyl (C=S) groups is 1. The lowest BCUT2D eigenvalue weighted by atomic mass is 10.1. The number of hydrogen-bond acceptors (Lipinski definition) is 7. The summed E-state index contributed by atoms with van der Waals surface area (Å²) < 4.78 is 59.0. The van der Waals surface area contributed by atoms with E-state index in [0.29, 0.717) is 46.0 Å². The summed E-state index contributed by atoms with van der Waals surface area (Å²) in [7, 11) is 1.57. The molecule has 0 amide bonds. The first-order valence-electron chi connectivity index (χ1n) is 14.2. The van der Waals surface area contributed by atoms with Crippen molar-refractivity contribution in [1.29, 1.82) is 0 Å². The Morgan fingerprint density at radius 3 is 2.55 bits per heavy atom. The third-order valence-corrected chi connectivity index (χ3v) is 7.26. The van der Waals surface area contributed by atoms with Gasteiger partial charge in [0.25, 0.3) is 0 Å². The number of nitrogens with one attached hydrogen (secondary N) is 2. The molecule has 0 radical (unpaired) electrons. The van der Waals surface area contributed by atoms with Gasteiger partial charge in [0, 0.05) is 36.5 Å². The van der Waals surface area contributed by atoms with Crippen LogP contribution in [0.5, 0.6) is 23.0 Å². The topological polar surface area (TPSA) is 80.2 Å². The highest BCUT2D eigenvalue weighted by atomic mass is 32.1. The summed E-state index contributed by atoms with van der Waals surface area (Å²) in [6, 6.07) is 12.9. The van der Waals surface area contributed by atoms with Crippen LogP contribution in [0.25, 0.3) is 10.9 Å². The first-order valence-corrected chi connectivity index (χ1v) is 14.6. The number of pyridine rings is 1. The van der Waals surface area contributed by atoms with Crippen molar-refractivity contribution in [2.45, 2.75) is 25.7 Å². The van der Waals surface area contributed by atoms with Gasteiger partial charge in [-0.1, -0.05) is 12.5 Å². The standard InChI is InChI=1S/C32H32F3N5O3S/c1-41-30-18-23-27(19-31(30)42-15-5-14-40-12-3-2-4-13-40)36-11-10-28(23)43-29-9-7-22(17-26(29)35)38-39-32(44)37-20-21-6-8-24(33)25(34)16-21/h6-11,16-20,38H,2-5,12-15H2,1H3,(H,39,44)/b37-20+. The molecule has 0 spiro atoms. The molecule has 230 valence electrons. The van der Waals surface area contributed by atoms with E-state index in [1.54, 1.807) is 37.6 Å². The number of aromatic nitrogens is 1. The highest BCUT2D eigenvalue weighted by molar-refractivity contribution is 7.80. The fourth-order valence-electron chi connectivity index (χ4n) is 4.81. The zero-order chi connectivity index (χ0) is 30.9. The molecule has 3 aromatic carbocycles. The summed E-state index contributed by atoms with van der Waals surface area (Å²) >= 11 is 5.10. The highest BCUT2D eigenvalue weighted by Crippen LogP contribution is 2.38. The minimum atomic E-state index is -0.990. The van der Waals surface area contributed by atoms with Crippen molar-refractivity contribution in [3.8, 4) is 23.0 Å². The first-order chi connectivity index (χ1) is 21.4. The lowest BCUT2D eigenvalue weighted by Crippen LogP contribution is -2.31. The Bertz CT molecular complexity index is 1650. The van der Waals surface area contributed by atoms with E-state index in [-0.39, 0.29) is 10.9 Å². The van der Waals surface area contributed by atoms with Gasteiger partial charge in [-0.2, -0.15) is 0 Å². The van der Waals surface area contributed by atoms with Gasteiger partial charge in [0.1, 0.15) is 5.75 Å². The molecule has 1 aromatic heterocycles. The molecular formula is C32H32F3N5O3S. The Labute approximate surface area is 258 Å². The molecule has 4 aromatic rings. The molecule has 0 aliphatic carbocycles. The number of rotatable bonds is 11. The molecule has 44 heavy (non-hydrogen) atoms. The Kier molecular flexibility index (Phi) is 10.5. The van der Waals surface area contributed by atoms with Crippen molar-refractivity contribution >= 4 is 40.1 Å². The van der Waals surface area contributed by atoms with Gasteiger partial charge >= 0.3 is 0 Å². The zero-order valence-corrected chi connectivity index (χ0v) is 24.9. The van der Waals surface area contributed by atoms with E-state index >= 15 is 4.39 Å². The SMILES string of the molecule is COc1cc2c(Oc3ccc(NNC(=S)/N=C/c4ccc(F)c(F)c4)cc3F)ccnc2cc1OCCCN1CCCCC1. The molecule has 2 N–H and O–H groups in total. The van der Waals surface area contributed by atoms with E-state index in [9.17, 15) is 8.78 Å². The lowest BCUT2D eigenvalue weighted by Gasteiger charge is -2.26. The van der Waals surface area contributed by atoms with Crippen molar-refractivity contribution < 1.29 is 27.4 Å². The number of fused-ring (bicyclic) bond motifs is 1. The molecule has 5 rings (SSSR count). The average Bonchev–Trinajstić information content (AvgIpc) is 3.04. The van der Waals surface area contributed by atoms with Crippen LogP contribution in [-0.4, -0.2) is 54.6 Å². The minimum Gasteiger partial charge on any atom is -0.493 e. The Balaban J connectivity index is 1.20. The van der Waals surface area contributed by atoms with E-state index in [4.69, 9.17) is 26.4 Å². The Morgan fingerprint density at radius 1 is 0.932 bits per heavy atom. The van der Waals surface area contributed by atoms with Crippen LogP contribution < -0.4 is 25.1 Å². The number of likely N-dealkylation sites (tertiary alicyclic amines) is 1. The van der Waals surface area contributed by atoms with Gasteiger partial charge in [-0.3, -0.25) is 15.8 Å². The number of anilines is 1. The van der Waals surface area contributed by atoms with Crippen molar-refractivity contribution in [3.05, 3.63) is 83.8 Å². The fraction of sp³-hybridized carbons (Fsp3) is 0.281. The zero-order valence-electron chi connectivity index (χ0n) is 24.1. The number of methoxy groups -OCH3 is 1. The van der Waals surface area contributed by atoms with Crippen LogP contribution in [0.3, 0.4) is 0 Å². The van der Waals surface area contributed by atoms with E-state index in [0.717, 1.165) is 38.2 Å². The fourth-order valence-corrected chi connectivity index (χ4v) is 4.91. The van der Waals surface area contributed by atoms with Gasteiger partial charge in [-0.15, -0.1) is 0 Å². The summed E-state index contributed by atoms with van der Waals surface area (Å²) in [6.07, 6.45) is 7.60. The van der Waals surface area contributed by atoms with Gasteiger partial charge in [-0.25, -0.2) is 18.2 Å². The van der Waals surface area contributed by atoms with Crippen LogP contribution in [0.4, 0.5) is 18.9 Å². The van der Waals surface area contributed by atoms with E-state index in [2.05, 4.69) is 25.7 Å². The minimum absolute atomic E-state index is 0.000935. The summed E-state index contributed by atoms with van der Waals surface area (Å²) in [5.41, 5.74) is 6.68. The number of nitrogens with zero attached hydrogens (tertiary/aromatic N) is 3. The van der Waals surface area contributed by atoms with E-state index < -0.39 is 17.5 Å². The van der Waals surface area contributed by atoms with Crippen LogP contribution in [0.1, 0.15) is 31.2 Å². The number of halogens is 3. The maximum Gasteiger partial charge on any atom is 0.211 e. The largest absolute Gasteiger partial charge is 0.493 e. The molecule has 8 nitrogen and oxygen atoms in total. The van der Waals surface area contributed by atoms with Crippen molar-refractivity contribution in [2.24, 2.45) is 4.99 Å². The third-order valence-electron chi connectivity index (χ3n) is 7.05. The summed E-state index contributed by atoms with van der Waals surface area (Å²) in [4.78, 5) is 10.9. The van der Waals surface area contributed by atoms with Crippen LogP contribution in [0, 0.1) is 17.5 Å². The Hall–Kier alpha value is -4.42. The number of piperidine rings is 1. The third kappa shape index (κ3) is 8.14. The van der Waals surface area contributed by atoms with Crippen molar-refractivity contribution in [1.82, 2.24) is 15.3 Å². The molecule has 0 atom stereocenters. The van der Waals surface area contributed by atoms with Crippen LogP contribution in [-0.2, 0) is 0 Å². The monoisotopic (exact) mass is 623 g/mol. The smallest absolute Gasteiger partial charge is 0.211 e. The van der Waals surface area contributed by atoms with Gasteiger partial charge in [0.2, 0.25) is 5.11 Å². The second-order valence-corrected chi connectivity index (χ2v) is 10.6. The van der Waals surface area contributed by atoms with Crippen molar-refractivity contribution in [2.75, 3.05) is 38.8 Å². The summed E-state index contributed by atoms with van der Waals surface area (Å²) in [6.45, 7) is 3.86. The molecule has 1 saturated heterocycles. The number of hydrogen-bond donors (Lipinski definition) is 2. The van der Waals surface area contributed by atoms with Crippen molar-refractivity contribution in [3.63, 3.8) is 0 Å². The first kappa shape index (κ1) is 31.0. The molecule has 0 saturated carbocycles. The van der Waals surface area contributed by atoms with E-state index in [1.807, 2.05) is 0 Å². The summed E-state index contributed by atoms with van der Waals surface area (Å²) in [5.74, 6) is -1.06. The highest BCUT2D eigenvalue weighted by Gasteiger charge is 2.15. The summed E-state index contributed by atoms with van der Waals surface area (Å²) in [5, 5.41) is 0.635. The van der Waals surface area contributed by atoms with Crippen LogP contribution >= 0.6 is 12.2 Å². The lowest BCUT2D eigenvalue weighted by molar-refractivity contribution is 0.203. The molecular weight excluding hydrogens is 591 g/mol. The Morgan fingerprint density at radius 2 is 1.77 bits per heavy atom. The molecule has 2 heterocycles. The second kappa shape index (κ2) is 14.8. The number of aliphatic imine (C=N–C) groups is 1. The predicted octanol–water partition coefficient (Wildman–Crippen LogP) is 7.03. The molecule has 1 aliphatic rings. The maximum absolute atomic E-state index is 15.0. The number of benzene rings is 3.